The third-order valence-electron chi connectivity index (χ3n) is 4.10. The Labute approximate surface area is 143 Å². The molecule has 1 fully saturated rings. The summed E-state index contributed by atoms with van der Waals surface area (Å²) in [4.78, 5) is 24.8. The normalized spacial score (nSPS) is 19.5. The largest absolute Gasteiger partial charge is 0.481 e. The van der Waals surface area contributed by atoms with Crippen LogP contribution in [0.1, 0.15) is 24.5 Å². The van der Waals surface area contributed by atoms with Gasteiger partial charge in [-0.1, -0.05) is 19.1 Å². The number of ether oxygens (including phenoxy) is 1. The summed E-state index contributed by atoms with van der Waals surface area (Å²) in [6, 6.07) is 4.76. The van der Waals surface area contributed by atoms with Crippen molar-refractivity contribution in [2.75, 3.05) is 19.7 Å². The third kappa shape index (κ3) is 5.45. The molecule has 2 atom stereocenters. The number of aliphatic carboxylic acids is 1. The molecular formula is C17H20F3NO4. The van der Waals surface area contributed by atoms with Gasteiger partial charge in [0.05, 0.1) is 24.7 Å². The van der Waals surface area contributed by atoms with E-state index in [4.69, 9.17) is 9.84 Å². The zero-order valence-electron chi connectivity index (χ0n) is 13.8. The Morgan fingerprint density at radius 1 is 1.32 bits per heavy atom. The van der Waals surface area contributed by atoms with Crippen LogP contribution in [0.4, 0.5) is 13.2 Å². The number of carbonyl (C=O) groups is 2. The van der Waals surface area contributed by atoms with E-state index in [2.05, 4.69) is 0 Å². The zero-order valence-corrected chi connectivity index (χ0v) is 13.8. The minimum absolute atomic E-state index is 0.154. The second kappa shape index (κ2) is 7.86. The van der Waals surface area contributed by atoms with Crippen LogP contribution in [-0.4, -0.2) is 47.7 Å². The van der Waals surface area contributed by atoms with Gasteiger partial charge in [0.2, 0.25) is 5.91 Å². The molecule has 0 saturated carbocycles. The average molecular weight is 359 g/mol. The molecule has 0 unspecified atom stereocenters. The van der Waals surface area contributed by atoms with Crippen LogP contribution < -0.4 is 0 Å². The van der Waals surface area contributed by atoms with Gasteiger partial charge in [-0.05, 0) is 24.1 Å². The maximum Gasteiger partial charge on any atom is 0.416 e. The van der Waals surface area contributed by atoms with Gasteiger partial charge in [0.25, 0.3) is 0 Å². The average Bonchev–Trinajstić information content (AvgIpc) is 2.53. The van der Waals surface area contributed by atoms with Crippen molar-refractivity contribution in [3.63, 3.8) is 0 Å². The minimum atomic E-state index is -4.38. The summed E-state index contributed by atoms with van der Waals surface area (Å²) in [5.74, 6) is -1.56. The van der Waals surface area contributed by atoms with Crippen LogP contribution in [0.25, 0.3) is 0 Å². The van der Waals surface area contributed by atoms with Crippen molar-refractivity contribution in [2.45, 2.75) is 32.0 Å². The zero-order chi connectivity index (χ0) is 18.6. The van der Waals surface area contributed by atoms with Crippen molar-refractivity contribution in [1.82, 2.24) is 4.90 Å². The van der Waals surface area contributed by atoms with Gasteiger partial charge in [-0.3, -0.25) is 9.59 Å². The number of nitrogens with zero attached hydrogens (tertiary/aromatic N) is 1. The van der Waals surface area contributed by atoms with E-state index in [1.54, 1.807) is 11.8 Å². The molecule has 0 bridgehead atoms. The minimum Gasteiger partial charge on any atom is -0.481 e. The SMILES string of the molecule is C[C@@H](Cc1ccc(C(F)(F)F)cc1)C(=O)N1CCO[C@H](CC(=O)O)C1. The van der Waals surface area contributed by atoms with E-state index in [1.807, 2.05) is 0 Å². The number of benzene rings is 1. The van der Waals surface area contributed by atoms with Crippen LogP contribution in [0.5, 0.6) is 0 Å². The molecule has 8 heteroatoms. The molecule has 0 radical (unpaired) electrons. The van der Waals surface area contributed by atoms with Gasteiger partial charge < -0.3 is 14.7 Å². The van der Waals surface area contributed by atoms with E-state index in [0.717, 1.165) is 12.1 Å². The second-order valence-corrected chi connectivity index (χ2v) is 6.17. The molecule has 1 aromatic carbocycles. The third-order valence-corrected chi connectivity index (χ3v) is 4.10. The fourth-order valence-corrected chi connectivity index (χ4v) is 2.82. The number of carboxylic acids is 1. The molecule has 138 valence electrons. The Kier molecular flexibility index (Phi) is 6.05. The van der Waals surface area contributed by atoms with Crippen molar-refractivity contribution in [3.05, 3.63) is 35.4 Å². The lowest BCUT2D eigenvalue weighted by Gasteiger charge is -2.34. The number of amides is 1. The van der Waals surface area contributed by atoms with E-state index in [1.165, 1.54) is 12.1 Å². The molecule has 1 amide bonds. The Morgan fingerprint density at radius 3 is 2.52 bits per heavy atom. The standard InChI is InChI=1S/C17H20F3NO4/c1-11(8-12-2-4-13(5-3-12)17(18,19)20)16(24)21-6-7-25-14(10-21)9-15(22)23/h2-5,11,14H,6-10H2,1H3,(H,22,23)/t11-,14+/m0/s1. The number of halogens is 3. The van der Waals surface area contributed by atoms with Crippen molar-refractivity contribution in [2.24, 2.45) is 5.92 Å². The molecule has 0 aliphatic carbocycles. The van der Waals surface area contributed by atoms with Crippen LogP contribution in [-0.2, 0) is 26.9 Å². The molecule has 5 nitrogen and oxygen atoms in total. The summed E-state index contributed by atoms with van der Waals surface area (Å²) in [7, 11) is 0. The lowest BCUT2D eigenvalue weighted by molar-refractivity contribution is -0.149. The number of morpholine rings is 1. The lowest BCUT2D eigenvalue weighted by Crippen LogP contribution is -2.48. The maximum atomic E-state index is 12.6. The molecule has 1 N–H and O–H groups in total. The van der Waals surface area contributed by atoms with Crippen LogP contribution in [0.2, 0.25) is 0 Å². The Morgan fingerprint density at radius 2 is 1.96 bits per heavy atom. The molecule has 1 heterocycles. The van der Waals surface area contributed by atoms with Gasteiger partial charge in [0, 0.05) is 19.0 Å². The first-order chi connectivity index (χ1) is 11.7. The molecule has 1 saturated heterocycles. The second-order valence-electron chi connectivity index (χ2n) is 6.17. The van der Waals surface area contributed by atoms with Gasteiger partial charge >= 0.3 is 12.1 Å². The number of rotatable bonds is 5. The monoisotopic (exact) mass is 359 g/mol. The van der Waals surface area contributed by atoms with Crippen molar-refractivity contribution in [1.29, 1.82) is 0 Å². The van der Waals surface area contributed by atoms with Crippen molar-refractivity contribution >= 4 is 11.9 Å². The number of hydrogen-bond acceptors (Lipinski definition) is 3. The van der Waals surface area contributed by atoms with E-state index < -0.39 is 29.7 Å². The Hall–Kier alpha value is -2.09. The van der Waals surface area contributed by atoms with E-state index >= 15 is 0 Å². The predicted molar refractivity (Wildman–Crippen MR) is 82.9 cm³/mol. The number of alkyl halides is 3. The highest BCUT2D eigenvalue weighted by atomic mass is 19.4. The number of hydrogen-bond donors (Lipinski definition) is 1. The van der Waals surface area contributed by atoms with E-state index in [9.17, 15) is 22.8 Å². The number of carbonyl (C=O) groups excluding carboxylic acids is 1. The first kappa shape index (κ1) is 19.2. The molecule has 0 aromatic heterocycles. The number of carboxylic acid groups (broad SMARTS) is 1. The highest BCUT2D eigenvalue weighted by Gasteiger charge is 2.31. The Bertz CT molecular complexity index is 615. The fraction of sp³-hybridized carbons (Fsp3) is 0.529. The summed E-state index contributed by atoms with van der Waals surface area (Å²) in [5.41, 5.74) is -0.0795. The van der Waals surface area contributed by atoms with Crippen molar-refractivity contribution in [3.8, 4) is 0 Å². The van der Waals surface area contributed by atoms with Gasteiger partial charge in [-0.15, -0.1) is 0 Å². The van der Waals surface area contributed by atoms with Gasteiger partial charge in [-0.25, -0.2) is 0 Å². The van der Waals surface area contributed by atoms with Gasteiger partial charge in [0.15, 0.2) is 0 Å². The van der Waals surface area contributed by atoms with Crippen LogP contribution in [0.3, 0.4) is 0 Å². The Balaban J connectivity index is 1.94. The highest BCUT2D eigenvalue weighted by molar-refractivity contribution is 5.79. The molecule has 1 aliphatic rings. The first-order valence-electron chi connectivity index (χ1n) is 7.95. The lowest BCUT2D eigenvalue weighted by atomic mass is 9.98. The summed E-state index contributed by atoms with van der Waals surface area (Å²) in [6.45, 7) is 2.58. The predicted octanol–water partition coefficient (Wildman–Crippen LogP) is 2.59. The van der Waals surface area contributed by atoms with E-state index in [0.29, 0.717) is 18.5 Å². The molecule has 1 aliphatic heterocycles. The smallest absolute Gasteiger partial charge is 0.416 e. The summed E-state index contributed by atoms with van der Waals surface area (Å²) in [5, 5.41) is 8.81. The van der Waals surface area contributed by atoms with Crippen LogP contribution in [0.15, 0.2) is 24.3 Å². The fourth-order valence-electron chi connectivity index (χ4n) is 2.82. The van der Waals surface area contributed by atoms with Gasteiger partial charge in [-0.2, -0.15) is 13.2 Å². The van der Waals surface area contributed by atoms with Crippen molar-refractivity contribution < 1.29 is 32.6 Å². The summed E-state index contributed by atoms with van der Waals surface area (Å²) < 4.78 is 43.0. The molecule has 0 spiro atoms. The quantitative estimate of drug-likeness (QED) is 0.878. The molecule has 1 aromatic rings. The first-order valence-corrected chi connectivity index (χ1v) is 7.95. The molecule has 2 rings (SSSR count). The van der Waals surface area contributed by atoms with Crippen LogP contribution in [0, 0.1) is 5.92 Å². The van der Waals surface area contributed by atoms with Gasteiger partial charge in [0.1, 0.15) is 0 Å². The summed E-state index contributed by atoms with van der Waals surface area (Å²) in [6.07, 6.45) is -4.77. The molecule has 25 heavy (non-hydrogen) atoms. The highest BCUT2D eigenvalue weighted by Crippen LogP contribution is 2.29. The van der Waals surface area contributed by atoms with E-state index in [-0.39, 0.29) is 25.5 Å². The topological polar surface area (TPSA) is 66.8 Å². The maximum absolute atomic E-state index is 12.6. The molecular weight excluding hydrogens is 339 g/mol. The summed E-state index contributed by atoms with van der Waals surface area (Å²) >= 11 is 0. The van der Waals surface area contributed by atoms with Crippen LogP contribution >= 0.6 is 0 Å².